The highest BCUT2D eigenvalue weighted by molar-refractivity contribution is 7.09. The average molecular weight is 398 g/mol. The number of rotatable bonds is 8. The summed E-state index contributed by atoms with van der Waals surface area (Å²) in [7, 11) is 0. The predicted octanol–water partition coefficient (Wildman–Crippen LogP) is 2.10. The highest BCUT2D eigenvalue weighted by Crippen LogP contribution is 2.22. The third-order valence-electron chi connectivity index (χ3n) is 4.15. The van der Waals surface area contributed by atoms with E-state index in [2.05, 4.69) is 6.58 Å². The number of thiophene rings is 1. The van der Waals surface area contributed by atoms with Crippen LogP contribution in [0.3, 0.4) is 0 Å². The van der Waals surface area contributed by atoms with Gasteiger partial charge in [-0.05, 0) is 23.6 Å². The van der Waals surface area contributed by atoms with Crippen molar-refractivity contribution in [2.45, 2.75) is 6.54 Å². The normalized spacial score (nSPS) is 12.6. The van der Waals surface area contributed by atoms with Crippen LogP contribution in [0, 0.1) is 0 Å². The largest absolute Gasteiger partial charge is 0.454 e. The van der Waals surface area contributed by atoms with Crippen LogP contribution >= 0.6 is 11.3 Å². The maximum Gasteiger partial charge on any atom is 0.326 e. The van der Waals surface area contributed by atoms with Gasteiger partial charge in [-0.1, -0.05) is 24.3 Å². The molecule has 0 fully saturated rings. The number of carbonyl (C=O) groups is 4. The Morgan fingerprint density at radius 3 is 2.36 bits per heavy atom. The monoisotopic (exact) mass is 398 g/mol. The molecule has 3 amide bonds. The molecular weight excluding hydrogens is 380 g/mol. The van der Waals surface area contributed by atoms with Crippen molar-refractivity contribution >= 4 is 35.0 Å². The Kier molecular flexibility index (Phi) is 6.00. The standard InChI is InChI=1S/C20H18N2O5S/c1-2-9-21(11-14-6-5-10-28-14)17(23)13-27-18(24)12-22-19(25)15-7-3-4-8-16(15)20(22)26/h2-8,10H,1,9,11-13H2. The molecule has 144 valence electrons. The van der Waals surface area contributed by atoms with E-state index in [9.17, 15) is 19.2 Å². The van der Waals surface area contributed by atoms with Crippen LogP contribution in [-0.4, -0.2) is 53.2 Å². The average Bonchev–Trinajstić information content (AvgIpc) is 3.29. The summed E-state index contributed by atoms with van der Waals surface area (Å²) in [4.78, 5) is 52.3. The van der Waals surface area contributed by atoms with Crippen LogP contribution < -0.4 is 0 Å². The van der Waals surface area contributed by atoms with E-state index in [0.717, 1.165) is 9.78 Å². The minimum atomic E-state index is -0.822. The molecule has 0 spiro atoms. The second kappa shape index (κ2) is 8.62. The Hall–Kier alpha value is -3.26. The second-order valence-corrected chi connectivity index (χ2v) is 7.08. The quantitative estimate of drug-likeness (QED) is 0.386. The summed E-state index contributed by atoms with van der Waals surface area (Å²) in [6.07, 6.45) is 1.59. The van der Waals surface area contributed by atoms with Crippen molar-refractivity contribution in [3.63, 3.8) is 0 Å². The van der Waals surface area contributed by atoms with E-state index in [0.29, 0.717) is 13.1 Å². The van der Waals surface area contributed by atoms with Crippen LogP contribution in [0.4, 0.5) is 0 Å². The number of nitrogens with zero attached hydrogens (tertiary/aromatic N) is 2. The molecular formula is C20H18N2O5S. The topological polar surface area (TPSA) is 84.0 Å². The lowest BCUT2D eigenvalue weighted by molar-refractivity contribution is -0.152. The smallest absolute Gasteiger partial charge is 0.326 e. The molecule has 0 bridgehead atoms. The summed E-state index contributed by atoms with van der Waals surface area (Å²) < 4.78 is 5.00. The number of hydrogen-bond donors (Lipinski definition) is 0. The summed E-state index contributed by atoms with van der Waals surface area (Å²) in [5.41, 5.74) is 0.508. The Labute approximate surface area is 165 Å². The molecule has 28 heavy (non-hydrogen) atoms. The fraction of sp³-hybridized carbons (Fsp3) is 0.200. The minimum Gasteiger partial charge on any atom is -0.454 e. The van der Waals surface area contributed by atoms with E-state index in [-0.39, 0.29) is 17.0 Å². The molecule has 0 saturated heterocycles. The van der Waals surface area contributed by atoms with Crippen molar-refractivity contribution in [3.8, 4) is 0 Å². The Morgan fingerprint density at radius 1 is 1.11 bits per heavy atom. The molecule has 0 aliphatic carbocycles. The van der Waals surface area contributed by atoms with Crippen molar-refractivity contribution in [1.29, 1.82) is 0 Å². The number of ether oxygens (including phenoxy) is 1. The molecule has 1 aromatic carbocycles. The third-order valence-corrected chi connectivity index (χ3v) is 5.01. The SMILES string of the molecule is C=CCN(Cc1cccs1)C(=O)COC(=O)CN1C(=O)c2ccccc2C1=O. The van der Waals surface area contributed by atoms with Gasteiger partial charge in [-0.3, -0.25) is 24.1 Å². The summed E-state index contributed by atoms with van der Waals surface area (Å²) >= 11 is 1.52. The van der Waals surface area contributed by atoms with Crippen molar-refractivity contribution < 1.29 is 23.9 Å². The molecule has 0 N–H and O–H groups in total. The summed E-state index contributed by atoms with van der Waals surface area (Å²) in [5.74, 6) is -2.30. The number of benzene rings is 1. The number of hydrogen-bond acceptors (Lipinski definition) is 6. The molecule has 0 atom stereocenters. The third kappa shape index (κ3) is 4.17. The first-order chi connectivity index (χ1) is 13.5. The number of carbonyl (C=O) groups excluding carboxylic acids is 4. The highest BCUT2D eigenvalue weighted by atomic mass is 32.1. The second-order valence-electron chi connectivity index (χ2n) is 6.05. The van der Waals surface area contributed by atoms with Crippen LogP contribution in [-0.2, 0) is 20.9 Å². The molecule has 0 saturated carbocycles. The zero-order valence-electron chi connectivity index (χ0n) is 15.0. The van der Waals surface area contributed by atoms with E-state index in [4.69, 9.17) is 4.74 Å². The number of esters is 1. The first-order valence-corrected chi connectivity index (χ1v) is 9.41. The molecule has 2 heterocycles. The van der Waals surface area contributed by atoms with Crippen molar-refractivity contribution in [1.82, 2.24) is 9.80 Å². The van der Waals surface area contributed by atoms with Gasteiger partial charge in [0, 0.05) is 11.4 Å². The van der Waals surface area contributed by atoms with Gasteiger partial charge < -0.3 is 9.64 Å². The van der Waals surface area contributed by atoms with Crippen molar-refractivity contribution in [2.75, 3.05) is 19.7 Å². The number of amides is 3. The van der Waals surface area contributed by atoms with Gasteiger partial charge in [-0.25, -0.2) is 0 Å². The Morgan fingerprint density at radius 2 is 1.79 bits per heavy atom. The van der Waals surface area contributed by atoms with Crippen molar-refractivity contribution in [3.05, 3.63) is 70.4 Å². The Balaban J connectivity index is 1.55. The van der Waals surface area contributed by atoms with Crippen LogP contribution in [0.25, 0.3) is 0 Å². The lowest BCUT2D eigenvalue weighted by atomic mass is 10.1. The molecule has 2 aromatic rings. The van der Waals surface area contributed by atoms with Gasteiger partial charge in [-0.15, -0.1) is 17.9 Å². The molecule has 8 heteroatoms. The summed E-state index contributed by atoms with van der Waals surface area (Å²) in [6.45, 7) is 3.33. The summed E-state index contributed by atoms with van der Waals surface area (Å²) in [5, 5.41) is 1.91. The zero-order valence-corrected chi connectivity index (χ0v) is 15.8. The van der Waals surface area contributed by atoms with E-state index in [1.54, 1.807) is 18.2 Å². The van der Waals surface area contributed by atoms with Gasteiger partial charge in [0.1, 0.15) is 6.54 Å². The zero-order chi connectivity index (χ0) is 20.1. The number of fused-ring (bicyclic) bond motifs is 1. The first kappa shape index (κ1) is 19.5. The van der Waals surface area contributed by atoms with E-state index in [1.165, 1.54) is 28.4 Å². The van der Waals surface area contributed by atoms with Gasteiger partial charge in [0.05, 0.1) is 17.7 Å². The van der Waals surface area contributed by atoms with E-state index in [1.807, 2.05) is 17.5 Å². The fourth-order valence-corrected chi connectivity index (χ4v) is 3.51. The highest BCUT2D eigenvalue weighted by Gasteiger charge is 2.36. The van der Waals surface area contributed by atoms with Crippen molar-refractivity contribution in [2.24, 2.45) is 0 Å². The predicted molar refractivity (Wildman–Crippen MR) is 103 cm³/mol. The molecule has 1 aliphatic heterocycles. The van der Waals surface area contributed by atoms with Crippen LogP contribution in [0.15, 0.2) is 54.4 Å². The maximum atomic E-state index is 12.4. The van der Waals surface area contributed by atoms with Crippen LogP contribution in [0.1, 0.15) is 25.6 Å². The van der Waals surface area contributed by atoms with E-state index < -0.39 is 30.9 Å². The van der Waals surface area contributed by atoms with Gasteiger partial charge in [0.2, 0.25) is 0 Å². The fourth-order valence-electron chi connectivity index (χ4n) is 2.79. The van der Waals surface area contributed by atoms with Crippen LogP contribution in [0.2, 0.25) is 0 Å². The minimum absolute atomic E-state index is 0.254. The molecule has 0 radical (unpaired) electrons. The molecule has 1 aromatic heterocycles. The van der Waals surface area contributed by atoms with Crippen LogP contribution in [0.5, 0.6) is 0 Å². The van der Waals surface area contributed by atoms with Gasteiger partial charge >= 0.3 is 5.97 Å². The lowest BCUT2D eigenvalue weighted by Gasteiger charge is -2.20. The lowest BCUT2D eigenvalue weighted by Crippen LogP contribution is -2.38. The first-order valence-electron chi connectivity index (χ1n) is 8.53. The van der Waals surface area contributed by atoms with E-state index >= 15 is 0 Å². The molecule has 1 aliphatic rings. The van der Waals surface area contributed by atoms with Gasteiger partial charge in [-0.2, -0.15) is 0 Å². The summed E-state index contributed by atoms with van der Waals surface area (Å²) in [6, 6.07) is 10.1. The Bertz CT molecular complexity index is 887. The molecule has 0 unspecified atom stereocenters. The maximum absolute atomic E-state index is 12.4. The molecule has 3 rings (SSSR count). The number of imide groups is 1. The van der Waals surface area contributed by atoms with Gasteiger partial charge in [0.25, 0.3) is 17.7 Å². The molecule has 7 nitrogen and oxygen atoms in total. The van der Waals surface area contributed by atoms with Gasteiger partial charge in [0.15, 0.2) is 6.61 Å².